The lowest BCUT2D eigenvalue weighted by molar-refractivity contribution is -0.113. The van der Waals surface area contributed by atoms with Gasteiger partial charge in [-0.1, -0.05) is 12.7 Å². The van der Waals surface area contributed by atoms with E-state index in [0.717, 1.165) is 24.1 Å². The SMILES string of the molecule is C=C1C=C(c2ccnn2C)C=CN1C(=CC)C(=O)Nc1cc(C(=O)NCCN2C(C)(C)CCCC2(C)C)ccc1F. The zero-order valence-electron chi connectivity index (χ0n) is 24.9. The number of nitrogens with one attached hydrogen (secondary N) is 2. The minimum atomic E-state index is -0.631. The first kappa shape index (κ1) is 30.0. The molecule has 8 nitrogen and oxygen atoms in total. The summed E-state index contributed by atoms with van der Waals surface area (Å²) in [5.41, 5.74) is 2.95. The van der Waals surface area contributed by atoms with Crippen molar-refractivity contribution in [3.05, 3.63) is 89.9 Å². The molecule has 0 saturated carbocycles. The number of amides is 2. The molecule has 2 aliphatic heterocycles. The van der Waals surface area contributed by atoms with Crippen LogP contribution in [0.5, 0.6) is 0 Å². The van der Waals surface area contributed by atoms with Crippen LogP contribution in [0.4, 0.5) is 10.1 Å². The molecule has 1 aromatic heterocycles. The van der Waals surface area contributed by atoms with E-state index < -0.39 is 11.7 Å². The Balaban J connectivity index is 1.41. The molecule has 1 fully saturated rings. The molecule has 0 radical (unpaired) electrons. The summed E-state index contributed by atoms with van der Waals surface area (Å²) in [4.78, 5) is 30.3. The van der Waals surface area contributed by atoms with Gasteiger partial charge in [-0.3, -0.25) is 19.2 Å². The van der Waals surface area contributed by atoms with E-state index in [1.807, 2.05) is 25.3 Å². The Bertz CT molecular complexity index is 1420. The van der Waals surface area contributed by atoms with Gasteiger partial charge >= 0.3 is 0 Å². The van der Waals surface area contributed by atoms with Crippen LogP contribution in [-0.2, 0) is 11.8 Å². The molecule has 2 aromatic rings. The molecule has 1 saturated heterocycles. The maximum Gasteiger partial charge on any atom is 0.272 e. The Morgan fingerprint density at radius 3 is 2.46 bits per heavy atom. The zero-order valence-corrected chi connectivity index (χ0v) is 24.9. The van der Waals surface area contributed by atoms with Gasteiger partial charge < -0.3 is 15.5 Å². The summed E-state index contributed by atoms with van der Waals surface area (Å²) in [6, 6.07) is 5.88. The number of likely N-dealkylation sites (tertiary alicyclic amines) is 1. The number of rotatable bonds is 8. The first-order valence-corrected chi connectivity index (χ1v) is 14.0. The van der Waals surface area contributed by atoms with Crippen molar-refractivity contribution >= 4 is 23.1 Å². The number of hydrogen-bond donors (Lipinski definition) is 2. The highest BCUT2D eigenvalue weighted by Crippen LogP contribution is 2.37. The summed E-state index contributed by atoms with van der Waals surface area (Å²) in [5, 5.41) is 9.79. The molecular formula is C32H41FN6O2. The van der Waals surface area contributed by atoms with E-state index >= 15 is 0 Å². The topological polar surface area (TPSA) is 82.5 Å². The quantitative estimate of drug-likeness (QED) is 0.411. The van der Waals surface area contributed by atoms with E-state index in [1.54, 1.807) is 35.0 Å². The van der Waals surface area contributed by atoms with Gasteiger partial charge in [-0.25, -0.2) is 4.39 Å². The molecular weight excluding hydrogens is 519 g/mol. The summed E-state index contributed by atoms with van der Waals surface area (Å²) in [5.74, 6) is -1.48. The highest BCUT2D eigenvalue weighted by molar-refractivity contribution is 6.05. The maximum atomic E-state index is 14.8. The summed E-state index contributed by atoms with van der Waals surface area (Å²) in [6.45, 7) is 16.0. The smallest absolute Gasteiger partial charge is 0.272 e. The molecule has 0 aliphatic carbocycles. The van der Waals surface area contributed by atoms with Gasteiger partial charge in [0.1, 0.15) is 11.5 Å². The zero-order chi connectivity index (χ0) is 29.9. The van der Waals surface area contributed by atoms with Gasteiger partial charge in [0.25, 0.3) is 11.8 Å². The summed E-state index contributed by atoms with van der Waals surface area (Å²) in [6.07, 6.45) is 12.2. The lowest BCUT2D eigenvalue weighted by Gasteiger charge is -2.53. The van der Waals surface area contributed by atoms with Gasteiger partial charge in [-0.05, 0) is 90.3 Å². The molecule has 2 amide bonds. The van der Waals surface area contributed by atoms with Crippen LogP contribution in [0.1, 0.15) is 69.9 Å². The predicted octanol–water partition coefficient (Wildman–Crippen LogP) is 5.60. The second kappa shape index (κ2) is 11.9. The normalized spacial score (nSPS) is 18.7. The Labute approximate surface area is 242 Å². The monoisotopic (exact) mass is 560 g/mol. The summed E-state index contributed by atoms with van der Waals surface area (Å²) in [7, 11) is 1.85. The van der Waals surface area contributed by atoms with E-state index in [4.69, 9.17) is 0 Å². The van der Waals surface area contributed by atoms with Crippen molar-refractivity contribution in [2.75, 3.05) is 18.4 Å². The van der Waals surface area contributed by atoms with Crippen molar-refractivity contribution in [2.24, 2.45) is 7.05 Å². The largest absolute Gasteiger partial charge is 0.351 e. The van der Waals surface area contributed by atoms with Gasteiger partial charge in [0.15, 0.2) is 0 Å². The van der Waals surface area contributed by atoms with Gasteiger partial charge in [0.2, 0.25) is 0 Å². The van der Waals surface area contributed by atoms with Crippen LogP contribution in [0.15, 0.2) is 72.9 Å². The van der Waals surface area contributed by atoms with Gasteiger partial charge in [-0.15, -0.1) is 0 Å². The number of aromatic nitrogens is 2. The van der Waals surface area contributed by atoms with Crippen LogP contribution < -0.4 is 10.6 Å². The van der Waals surface area contributed by atoms with Gasteiger partial charge in [0, 0.05) is 60.4 Å². The number of halogens is 1. The molecule has 1 aromatic carbocycles. The Hall–Kier alpha value is -3.98. The number of aryl methyl sites for hydroxylation is 1. The number of piperidine rings is 1. The number of hydrogen-bond acceptors (Lipinski definition) is 5. The molecule has 3 heterocycles. The van der Waals surface area contributed by atoms with Crippen LogP contribution in [0.3, 0.4) is 0 Å². The summed E-state index contributed by atoms with van der Waals surface area (Å²) < 4.78 is 16.5. The fraction of sp³-hybridized carbons (Fsp3) is 0.406. The van der Waals surface area contributed by atoms with E-state index in [1.165, 1.54) is 24.6 Å². The number of allylic oxidation sites excluding steroid dienone is 4. The number of nitrogens with zero attached hydrogens (tertiary/aromatic N) is 4. The summed E-state index contributed by atoms with van der Waals surface area (Å²) >= 11 is 0. The second-order valence-corrected chi connectivity index (χ2v) is 11.8. The molecule has 4 rings (SSSR count). The van der Waals surface area contributed by atoms with Crippen molar-refractivity contribution in [1.29, 1.82) is 0 Å². The van der Waals surface area contributed by atoms with Crippen molar-refractivity contribution in [3.63, 3.8) is 0 Å². The van der Waals surface area contributed by atoms with Crippen molar-refractivity contribution in [1.82, 2.24) is 24.9 Å². The third-order valence-corrected chi connectivity index (χ3v) is 8.05. The fourth-order valence-corrected chi connectivity index (χ4v) is 5.96. The molecule has 218 valence electrons. The molecule has 0 unspecified atom stereocenters. The molecule has 0 spiro atoms. The fourth-order valence-electron chi connectivity index (χ4n) is 5.96. The molecule has 2 N–H and O–H groups in total. The second-order valence-electron chi connectivity index (χ2n) is 11.8. The van der Waals surface area contributed by atoms with Gasteiger partial charge in [-0.2, -0.15) is 5.10 Å². The van der Waals surface area contributed by atoms with E-state index in [9.17, 15) is 14.0 Å². The predicted molar refractivity (Wildman–Crippen MR) is 161 cm³/mol. The first-order valence-electron chi connectivity index (χ1n) is 14.0. The third-order valence-electron chi connectivity index (χ3n) is 8.05. The molecule has 2 aliphatic rings. The Kier molecular flexibility index (Phi) is 8.68. The van der Waals surface area contributed by atoms with E-state index in [-0.39, 0.29) is 33.9 Å². The Morgan fingerprint density at radius 1 is 1.15 bits per heavy atom. The number of carbonyl (C=O) groups is 2. The van der Waals surface area contributed by atoms with Crippen LogP contribution in [0, 0.1) is 5.82 Å². The highest BCUT2D eigenvalue weighted by Gasteiger charge is 2.40. The molecule has 0 bridgehead atoms. The minimum absolute atomic E-state index is 0.0507. The molecule has 41 heavy (non-hydrogen) atoms. The number of carbonyl (C=O) groups excluding carboxylic acids is 2. The maximum absolute atomic E-state index is 14.8. The number of anilines is 1. The Morgan fingerprint density at radius 2 is 1.85 bits per heavy atom. The van der Waals surface area contributed by atoms with Crippen molar-refractivity contribution in [2.45, 2.75) is 65.0 Å². The highest BCUT2D eigenvalue weighted by atomic mass is 19.1. The standard InChI is InChI=1S/C32H41FN6O2/c1-8-27(38-18-13-23(20-22(38)2)28-12-16-35-37(28)7)30(41)36-26-21-24(10-11-25(26)33)29(40)34-17-19-39-31(3,4)14-9-15-32(39,5)6/h8,10-13,16,18,20-21H,2,9,14-15,17,19H2,1,3-7H3,(H,34,40)(H,36,41). The van der Waals surface area contributed by atoms with Crippen LogP contribution >= 0.6 is 0 Å². The van der Waals surface area contributed by atoms with Crippen LogP contribution in [0.2, 0.25) is 0 Å². The minimum Gasteiger partial charge on any atom is -0.351 e. The molecule has 9 heteroatoms. The van der Waals surface area contributed by atoms with E-state index in [0.29, 0.717) is 18.8 Å². The average molecular weight is 561 g/mol. The van der Waals surface area contributed by atoms with Gasteiger partial charge in [0.05, 0.1) is 11.4 Å². The van der Waals surface area contributed by atoms with Crippen LogP contribution in [-0.4, -0.2) is 55.6 Å². The lowest BCUT2D eigenvalue weighted by Crippen LogP contribution is -2.60. The third kappa shape index (κ3) is 6.51. The van der Waals surface area contributed by atoms with Crippen molar-refractivity contribution in [3.8, 4) is 0 Å². The van der Waals surface area contributed by atoms with Crippen molar-refractivity contribution < 1.29 is 14.0 Å². The van der Waals surface area contributed by atoms with E-state index in [2.05, 4.69) is 54.9 Å². The average Bonchev–Trinajstić information content (AvgIpc) is 3.33. The number of benzene rings is 1. The van der Waals surface area contributed by atoms with Crippen LogP contribution in [0.25, 0.3) is 5.57 Å². The lowest BCUT2D eigenvalue weighted by atomic mass is 9.80. The molecule has 0 atom stereocenters. The first-order chi connectivity index (χ1) is 19.3.